The molecule has 1 aromatic heterocycles. The number of aliphatic carboxylic acids is 1. The zero-order valence-electron chi connectivity index (χ0n) is 13.5. The summed E-state index contributed by atoms with van der Waals surface area (Å²) in [7, 11) is 0. The van der Waals surface area contributed by atoms with Gasteiger partial charge in [0.2, 0.25) is 0 Å². The molecule has 1 unspecified atom stereocenters. The maximum atomic E-state index is 14.0. The lowest BCUT2D eigenvalue weighted by Gasteiger charge is -2.34. The van der Waals surface area contributed by atoms with Crippen LogP contribution in [0.3, 0.4) is 0 Å². The van der Waals surface area contributed by atoms with Crippen molar-refractivity contribution in [1.29, 1.82) is 0 Å². The van der Waals surface area contributed by atoms with Gasteiger partial charge in [-0.1, -0.05) is 6.07 Å². The third kappa shape index (κ3) is 2.77. The van der Waals surface area contributed by atoms with Gasteiger partial charge in [0.25, 0.3) is 0 Å². The second kappa shape index (κ2) is 6.27. The van der Waals surface area contributed by atoms with Crippen molar-refractivity contribution in [1.82, 2.24) is 19.9 Å². The Morgan fingerprint density at radius 2 is 2.12 bits per heavy atom. The second-order valence-corrected chi connectivity index (χ2v) is 5.81. The molecule has 1 atom stereocenters. The Bertz CT molecular complexity index is 791. The molecule has 0 spiro atoms. The number of nitrogens with zero attached hydrogens (tertiary/aromatic N) is 4. The Hall–Kier alpha value is -2.35. The van der Waals surface area contributed by atoms with Crippen molar-refractivity contribution >= 4 is 5.97 Å². The molecule has 1 aliphatic heterocycles. The Labute approximate surface area is 137 Å². The smallest absolute Gasteiger partial charge is 0.325 e. The molecule has 8 heteroatoms. The van der Waals surface area contributed by atoms with E-state index < -0.39 is 23.6 Å². The lowest BCUT2D eigenvalue weighted by molar-refractivity contribution is -0.144. The van der Waals surface area contributed by atoms with Gasteiger partial charge in [0.05, 0.1) is 17.9 Å². The predicted octanol–water partition coefficient (Wildman–Crippen LogP) is 2.07. The molecule has 1 aliphatic rings. The normalized spacial score (nSPS) is 17.8. The van der Waals surface area contributed by atoms with Crippen molar-refractivity contribution in [2.45, 2.75) is 39.4 Å². The molecule has 2 heterocycles. The number of rotatable bonds is 4. The number of carboxylic acids is 1. The van der Waals surface area contributed by atoms with Gasteiger partial charge in [-0.2, -0.15) is 15.0 Å². The third-order valence-electron chi connectivity index (χ3n) is 4.33. The standard InChI is InChI=1S/C16H18F2N4O2/c1-3-22-19-9(2)13(20-22)8-21-7-6-10-11(15(21)16(23)24)4-5-12(17)14(10)18/h4-5,15H,3,6-8H2,1-2H3,(H,23,24). The van der Waals surface area contributed by atoms with E-state index in [-0.39, 0.29) is 12.0 Å². The second-order valence-electron chi connectivity index (χ2n) is 5.81. The van der Waals surface area contributed by atoms with Gasteiger partial charge < -0.3 is 5.11 Å². The first kappa shape index (κ1) is 16.5. The molecule has 2 aromatic rings. The molecule has 0 amide bonds. The molecule has 0 bridgehead atoms. The maximum Gasteiger partial charge on any atom is 0.325 e. The van der Waals surface area contributed by atoms with Crippen LogP contribution >= 0.6 is 0 Å². The van der Waals surface area contributed by atoms with Gasteiger partial charge in [0.15, 0.2) is 11.6 Å². The average molecular weight is 336 g/mol. The topological polar surface area (TPSA) is 71.2 Å². The Balaban J connectivity index is 1.95. The van der Waals surface area contributed by atoms with Crippen LogP contribution in [0.2, 0.25) is 0 Å². The quantitative estimate of drug-likeness (QED) is 0.925. The number of carboxylic acid groups (broad SMARTS) is 1. The van der Waals surface area contributed by atoms with E-state index in [0.29, 0.717) is 30.9 Å². The molecule has 0 fully saturated rings. The van der Waals surface area contributed by atoms with E-state index in [9.17, 15) is 18.7 Å². The van der Waals surface area contributed by atoms with E-state index in [1.807, 2.05) is 13.8 Å². The lowest BCUT2D eigenvalue weighted by Crippen LogP contribution is -2.40. The first-order valence-corrected chi connectivity index (χ1v) is 7.76. The zero-order valence-corrected chi connectivity index (χ0v) is 13.5. The number of fused-ring (bicyclic) bond motifs is 1. The number of hydrogen-bond donors (Lipinski definition) is 1. The van der Waals surface area contributed by atoms with E-state index in [0.717, 1.165) is 11.8 Å². The van der Waals surface area contributed by atoms with Gasteiger partial charge in [0, 0.05) is 13.1 Å². The summed E-state index contributed by atoms with van der Waals surface area (Å²) in [6.07, 6.45) is 0.254. The summed E-state index contributed by atoms with van der Waals surface area (Å²) in [5, 5.41) is 18.2. The largest absolute Gasteiger partial charge is 0.480 e. The molecule has 6 nitrogen and oxygen atoms in total. The molecular weight excluding hydrogens is 318 g/mol. The number of benzene rings is 1. The summed E-state index contributed by atoms with van der Waals surface area (Å²) >= 11 is 0. The number of halogens is 2. The number of hydrogen-bond acceptors (Lipinski definition) is 4. The van der Waals surface area contributed by atoms with Crippen LogP contribution in [0.15, 0.2) is 12.1 Å². The average Bonchev–Trinajstić information content (AvgIpc) is 2.90. The van der Waals surface area contributed by atoms with Crippen molar-refractivity contribution in [3.05, 3.63) is 46.3 Å². The van der Waals surface area contributed by atoms with Crippen LogP contribution in [-0.2, 0) is 24.3 Å². The van der Waals surface area contributed by atoms with Crippen molar-refractivity contribution in [2.24, 2.45) is 0 Å². The third-order valence-corrected chi connectivity index (χ3v) is 4.33. The highest BCUT2D eigenvalue weighted by molar-refractivity contribution is 5.76. The SMILES string of the molecule is CCn1nc(C)c(CN2CCc3c(ccc(F)c3F)C2C(=O)O)n1. The fraction of sp³-hybridized carbons (Fsp3) is 0.438. The number of aromatic nitrogens is 3. The Morgan fingerprint density at radius 1 is 1.38 bits per heavy atom. The van der Waals surface area contributed by atoms with Crippen LogP contribution in [0.1, 0.15) is 35.5 Å². The number of aryl methyl sites for hydroxylation is 2. The van der Waals surface area contributed by atoms with Crippen LogP contribution in [-0.4, -0.2) is 37.5 Å². The van der Waals surface area contributed by atoms with E-state index in [1.165, 1.54) is 6.07 Å². The van der Waals surface area contributed by atoms with Crippen molar-refractivity contribution in [3.8, 4) is 0 Å². The van der Waals surface area contributed by atoms with E-state index in [4.69, 9.17) is 0 Å². The van der Waals surface area contributed by atoms with E-state index in [1.54, 1.807) is 9.70 Å². The van der Waals surface area contributed by atoms with Gasteiger partial charge >= 0.3 is 5.97 Å². The molecule has 128 valence electrons. The molecule has 24 heavy (non-hydrogen) atoms. The minimum atomic E-state index is -1.09. The summed E-state index contributed by atoms with van der Waals surface area (Å²) in [6.45, 7) is 4.95. The molecular formula is C16H18F2N4O2. The zero-order chi connectivity index (χ0) is 17.4. The molecule has 0 radical (unpaired) electrons. The minimum absolute atomic E-state index is 0.146. The van der Waals surface area contributed by atoms with Crippen LogP contribution in [0, 0.1) is 18.6 Å². The van der Waals surface area contributed by atoms with Crippen molar-refractivity contribution < 1.29 is 18.7 Å². The van der Waals surface area contributed by atoms with Crippen molar-refractivity contribution in [2.75, 3.05) is 6.54 Å². The van der Waals surface area contributed by atoms with E-state index in [2.05, 4.69) is 10.2 Å². The summed E-state index contributed by atoms with van der Waals surface area (Å²) in [5.74, 6) is -3.00. The Morgan fingerprint density at radius 3 is 2.75 bits per heavy atom. The van der Waals surface area contributed by atoms with E-state index >= 15 is 0 Å². The summed E-state index contributed by atoms with van der Waals surface area (Å²) < 4.78 is 27.4. The molecule has 1 aromatic carbocycles. The highest BCUT2D eigenvalue weighted by atomic mass is 19.2. The highest BCUT2D eigenvalue weighted by Crippen LogP contribution is 2.33. The first-order valence-electron chi connectivity index (χ1n) is 7.76. The van der Waals surface area contributed by atoms with Crippen LogP contribution < -0.4 is 0 Å². The molecule has 0 saturated heterocycles. The minimum Gasteiger partial charge on any atom is -0.480 e. The molecule has 3 rings (SSSR count). The fourth-order valence-electron chi connectivity index (χ4n) is 3.10. The maximum absolute atomic E-state index is 14.0. The lowest BCUT2D eigenvalue weighted by atomic mass is 9.91. The van der Waals surface area contributed by atoms with Gasteiger partial charge in [0.1, 0.15) is 6.04 Å². The number of carbonyl (C=O) groups is 1. The monoisotopic (exact) mass is 336 g/mol. The van der Waals surface area contributed by atoms with Gasteiger partial charge in [-0.3, -0.25) is 9.69 Å². The molecule has 1 N–H and O–H groups in total. The highest BCUT2D eigenvalue weighted by Gasteiger charge is 2.35. The van der Waals surface area contributed by atoms with Crippen LogP contribution in [0.25, 0.3) is 0 Å². The summed E-state index contributed by atoms with van der Waals surface area (Å²) in [6, 6.07) is 1.30. The fourth-order valence-corrected chi connectivity index (χ4v) is 3.10. The van der Waals surface area contributed by atoms with Crippen LogP contribution in [0.4, 0.5) is 8.78 Å². The van der Waals surface area contributed by atoms with Crippen molar-refractivity contribution in [3.63, 3.8) is 0 Å². The van der Waals surface area contributed by atoms with Gasteiger partial charge in [-0.25, -0.2) is 8.78 Å². The first-order chi connectivity index (χ1) is 11.4. The summed E-state index contributed by atoms with van der Waals surface area (Å²) in [4.78, 5) is 15.0. The Kier molecular flexibility index (Phi) is 4.31. The van der Waals surface area contributed by atoms with Gasteiger partial charge in [-0.15, -0.1) is 0 Å². The predicted molar refractivity (Wildman–Crippen MR) is 81.3 cm³/mol. The van der Waals surface area contributed by atoms with Crippen LogP contribution in [0.5, 0.6) is 0 Å². The molecule has 0 saturated carbocycles. The van der Waals surface area contributed by atoms with Gasteiger partial charge in [-0.05, 0) is 37.5 Å². The summed E-state index contributed by atoms with van der Waals surface area (Å²) in [5.41, 5.74) is 1.87. The molecule has 0 aliphatic carbocycles.